The van der Waals surface area contributed by atoms with E-state index < -0.39 is 292 Å². The van der Waals surface area contributed by atoms with Crippen molar-refractivity contribution in [2.24, 2.45) is 46.8 Å². The molecule has 0 radical (unpaired) electrons. The first-order valence-electron chi connectivity index (χ1n) is 40.8. The van der Waals surface area contributed by atoms with Gasteiger partial charge in [0.25, 0.3) is 0 Å². The number of amides is 16. The molecule has 1 fully saturated rings. The summed E-state index contributed by atoms with van der Waals surface area (Å²) in [6, 6.07) is -21.2. The van der Waals surface area contributed by atoms with E-state index in [1.807, 2.05) is 5.32 Å². The molecule has 0 bridgehead atoms. The molecule has 0 spiro atoms. The lowest BCUT2D eigenvalue weighted by molar-refractivity contribution is -0.144. The van der Waals surface area contributed by atoms with Gasteiger partial charge in [0.15, 0.2) is 0 Å². The average Bonchev–Trinajstić information content (AvgIpc) is 1.69. The summed E-state index contributed by atoms with van der Waals surface area (Å²) in [5, 5.41) is 105. The monoisotopic (exact) mass is 1740 g/mol. The number of unbranched alkanes of at least 4 members (excludes halogenated alkanes) is 2. The normalized spacial score (nSPS) is 16.0. The summed E-state index contributed by atoms with van der Waals surface area (Å²) in [7, 11) is 0. The number of nitrogens with one attached hydrogen (secondary N) is 15. The zero-order valence-electron chi connectivity index (χ0n) is 71.2. The van der Waals surface area contributed by atoms with Crippen molar-refractivity contribution in [1.82, 2.24) is 84.7 Å². The second kappa shape index (κ2) is 56.7. The molecule has 0 saturated carbocycles. The number of nitrogens with zero attached hydrogens (tertiary/aromatic N) is 1. The van der Waals surface area contributed by atoms with Gasteiger partial charge in [-0.25, -0.2) is 4.79 Å². The van der Waals surface area contributed by atoms with E-state index in [4.69, 9.17) is 22.3 Å². The van der Waals surface area contributed by atoms with E-state index in [0.29, 0.717) is 32.2 Å². The Bertz CT molecular complexity index is 3550. The van der Waals surface area contributed by atoms with Crippen molar-refractivity contribution in [3.8, 4) is 0 Å². The van der Waals surface area contributed by atoms with Crippen molar-refractivity contribution < 1.29 is 132 Å². The molecule has 1 aliphatic rings. The van der Waals surface area contributed by atoms with Crippen molar-refractivity contribution in [1.29, 1.82) is 0 Å². The van der Waals surface area contributed by atoms with Crippen molar-refractivity contribution >= 4 is 118 Å². The van der Waals surface area contributed by atoms with Crippen LogP contribution in [0.25, 0.3) is 0 Å². The Balaban J connectivity index is 3.30. The largest absolute Gasteiger partial charge is 0.481 e. The Kier molecular flexibility index (Phi) is 50.7. The highest BCUT2D eigenvalue weighted by atomic mass is 16.4. The van der Waals surface area contributed by atoms with Crippen molar-refractivity contribution in [3.05, 3.63) is 0 Å². The number of carboxylic acid groups (broad SMARTS) is 4. The van der Waals surface area contributed by atoms with Gasteiger partial charge in [-0.2, -0.15) is 0 Å². The minimum atomic E-state index is -1.87. The van der Waals surface area contributed by atoms with E-state index in [9.17, 15) is 127 Å². The lowest BCUT2D eigenvalue weighted by atomic mass is 9.98. The Hall–Kier alpha value is -10.8. The third kappa shape index (κ3) is 41.6. The molecule has 0 unspecified atom stereocenters. The van der Waals surface area contributed by atoms with Gasteiger partial charge in [0.2, 0.25) is 94.5 Å². The topological polar surface area (TPSA) is 745 Å². The first-order chi connectivity index (χ1) is 57.1. The maximum atomic E-state index is 14.3. The number of rotatable bonds is 60. The summed E-state index contributed by atoms with van der Waals surface area (Å²) in [4.78, 5) is 266. The van der Waals surface area contributed by atoms with Crippen LogP contribution in [0.5, 0.6) is 0 Å². The number of carboxylic acids is 4. The van der Waals surface area contributed by atoms with Gasteiger partial charge in [0, 0.05) is 25.8 Å². The molecule has 692 valence electrons. The van der Waals surface area contributed by atoms with Crippen LogP contribution in [0.3, 0.4) is 0 Å². The van der Waals surface area contributed by atoms with Crippen molar-refractivity contribution in [2.45, 2.75) is 276 Å². The molecule has 1 aliphatic heterocycles. The van der Waals surface area contributed by atoms with Gasteiger partial charge in [-0.3, -0.25) is 91.1 Å². The Morgan fingerprint density at radius 1 is 0.361 bits per heavy atom. The average molecular weight is 1740 g/mol. The lowest BCUT2D eigenvalue weighted by Gasteiger charge is -2.31. The van der Waals surface area contributed by atoms with Gasteiger partial charge < -0.3 is 138 Å². The number of carbonyl (C=O) groups is 20. The number of hydrogen-bond donors (Lipinski definition) is 25. The molecule has 0 aromatic rings. The Morgan fingerprint density at radius 3 is 1.14 bits per heavy atom. The number of likely N-dealkylation sites (tertiary alicyclic amines) is 1. The van der Waals surface area contributed by atoms with Crippen LogP contribution >= 0.6 is 0 Å². The Labute approximate surface area is 707 Å². The molecular formula is C76H131N19O27. The van der Waals surface area contributed by atoms with E-state index in [1.165, 1.54) is 27.7 Å². The van der Waals surface area contributed by atoms with Crippen LogP contribution in [-0.4, -0.2) is 302 Å². The molecule has 122 heavy (non-hydrogen) atoms. The van der Waals surface area contributed by atoms with E-state index in [2.05, 4.69) is 74.4 Å². The molecule has 46 nitrogen and oxygen atoms in total. The van der Waals surface area contributed by atoms with Gasteiger partial charge >= 0.3 is 23.9 Å². The summed E-state index contributed by atoms with van der Waals surface area (Å²) >= 11 is 0. The molecule has 0 aromatic carbocycles. The van der Waals surface area contributed by atoms with Crippen LogP contribution in [0.2, 0.25) is 0 Å². The molecule has 1 rings (SSSR count). The number of aliphatic carboxylic acids is 4. The van der Waals surface area contributed by atoms with Crippen LogP contribution in [-0.2, 0) is 95.9 Å². The summed E-state index contributed by atoms with van der Waals surface area (Å²) in [5.74, 6) is -24.0. The van der Waals surface area contributed by atoms with Gasteiger partial charge in [-0.1, -0.05) is 75.7 Å². The first-order valence-corrected chi connectivity index (χ1v) is 40.8. The molecule has 46 heteroatoms. The molecular weight excluding hydrogens is 1610 g/mol. The minimum absolute atomic E-state index is 0.000102. The van der Waals surface area contributed by atoms with E-state index >= 15 is 0 Å². The number of aliphatic hydroxyl groups is 3. The molecule has 1 heterocycles. The van der Waals surface area contributed by atoms with Gasteiger partial charge in [-0.05, 0) is 133 Å². The molecule has 16 amide bonds. The lowest BCUT2D eigenvalue weighted by Crippen LogP contribution is -2.63. The second-order valence-electron chi connectivity index (χ2n) is 31.8. The van der Waals surface area contributed by atoms with Crippen LogP contribution in [0.4, 0.5) is 0 Å². The number of carbonyl (C=O) groups excluding carboxylic acids is 16. The van der Waals surface area contributed by atoms with E-state index in [1.54, 1.807) is 41.5 Å². The van der Waals surface area contributed by atoms with Crippen LogP contribution in [0.15, 0.2) is 0 Å². The fourth-order valence-corrected chi connectivity index (χ4v) is 12.4. The zero-order valence-corrected chi connectivity index (χ0v) is 71.2. The third-order valence-corrected chi connectivity index (χ3v) is 19.1. The smallest absolute Gasteiger partial charge is 0.326 e. The van der Waals surface area contributed by atoms with E-state index in [0.717, 1.165) is 11.8 Å². The molecule has 28 N–H and O–H groups in total. The summed E-state index contributed by atoms with van der Waals surface area (Å²) in [6.07, 6.45) is -3.16. The minimum Gasteiger partial charge on any atom is -0.481 e. The maximum Gasteiger partial charge on any atom is 0.326 e. The van der Waals surface area contributed by atoms with Crippen LogP contribution < -0.4 is 97.0 Å². The highest BCUT2D eigenvalue weighted by Gasteiger charge is 2.42. The van der Waals surface area contributed by atoms with Crippen LogP contribution in [0.1, 0.15) is 185 Å². The highest BCUT2D eigenvalue weighted by molar-refractivity contribution is 6.01. The van der Waals surface area contributed by atoms with Crippen molar-refractivity contribution in [3.63, 3.8) is 0 Å². The highest BCUT2D eigenvalue weighted by Crippen LogP contribution is 2.22. The molecule has 1 saturated heterocycles. The quantitative estimate of drug-likeness (QED) is 0.0252. The van der Waals surface area contributed by atoms with Crippen LogP contribution in [0, 0.1) is 29.6 Å². The Morgan fingerprint density at radius 2 is 0.705 bits per heavy atom. The molecule has 0 aromatic heterocycles. The number of hydrogen-bond acceptors (Lipinski definition) is 26. The maximum absolute atomic E-state index is 14.3. The summed E-state index contributed by atoms with van der Waals surface area (Å²) < 4.78 is 0. The molecule has 0 aliphatic carbocycles. The number of nitrogens with two attached hydrogens (primary N) is 3. The fraction of sp³-hybridized carbons (Fsp3) is 0.737. The van der Waals surface area contributed by atoms with Gasteiger partial charge in [0.05, 0.1) is 45.0 Å². The SMILES string of the molecule is CC(C)C[C@H](NC(=O)[C@H](CCCCN)NC(=O)[C@H](CO)NC(=O)[C@@H](N)CCCCN)C(=O)NCC(=O)N[C@@H](CCC(=O)O)C(=O)N[C@@H](CC(C)C)C(=O)N[C@H](C(=O)N[C@H](C(=O)N[C@H](C(=O)N[C@@H](CO)C(=O)N[C@@H](CC(C)C)C(=O)N1CCC[C@H]1C(=O)NCC(=O)NCC(=O)N[C@@H](CCC(=O)O)C(=O)N[C@@H](CCC(=O)O)C(=O)O)C(C)C)[C@@H](C)O)C(C)C. The van der Waals surface area contributed by atoms with Gasteiger partial charge in [-0.15, -0.1) is 0 Å². The summed E-state index contributed by atoms with van der Waals surface area (Å²) in [6.45, 7) is 13.5. The van der Waals surface area contributed by atoms with E-state index in [-0.39, 0.29) is 75.8 Å². The predicted molar refractivity (Wildman–Crippen MR) is 433 cm³/mol. The molecule has 15 atom stereocenters. The standard InChI is InChI=1S/C76H131N19O27/c1-37(2)29-48(87-65(110)44(18-13-15-27-78)85-69(114)51(35-96)90-63(108)43(79)17-12-14-26-77)64(109)81-34-56(101)84-46(21-24-58(104)105)67(112)88-49(30-38(3)4)68(113)92-61(41(9)10)73(118)94-62(42(11)98)74(119)93-60(40(7)8)72(117)91-52(36-97)70(115)89-50(31-39(5)6)75(120)95-28-16-19-53(95)71(116)82-32-54(99)80-33-55(100)83-45(20-23-57(102)103)66(111)86-47(76(121)122)22-25-59(106)107/h37-53,60-62,96-98H,12-36,77-79H2,1-11H3,(H,80,99)(H,81,109)(H,82,116)(H,83,100)(H,84,101)(H,85,114)(H,86,111)(H,87,110)(H,88,112)(H,89,115)(H,90,108)(H,91,117)(H,92,113)(H,93,119)(H,94,118)(H,102,103)(H,104,105)(H,106,107)(H,121,122)/t42-,43+,44+,45+,46+,47+,48+,49+,50+,51+,52+,53+,60+,61+,62+/m1/s1. The fourth-order valence-electron chi connectivity index (χ4n) is 12.4. The zero-order chi connectivity index (χ0) is 93.0. The predicted octanol–water partition coefficient (Wildman–Crippen LogP) is -7.78. The number of aliphatic hydroxyl groups excluding tert-OH is 3. The third-order valence-electron chi connectivity index (χ3n) is 19.1. The summed E-state index contributed by atoms with van der Waals surface area (Å²) in [5.41, 5.74) is 17.2. The van der Waals surface area contributed by atoms with Gasteiger partial charge in [0.1, 0.15) is 78.5 Å². The second-order valence-corrected chi connectivity index (χ2v) is 31.8. The van der Waals surface area contributed by atoms with Crippen molar-refractivity contribution in [2.75, 3.05) is 52.5 Å². The first kappa shape index (κ1) is 109.